The van der Waals surface area contributed by atoms with E-state index in [9.17, 15) is 0 Å². The summed E-state index contributed by atoms with van der Waals surface area (Å²) in [6.07, 6.45) is 3.50. The normalized spacial score (nSPS) is 16.2. The van der Waals surface area contributed by atoms with Gasteiger partial charge in [-0.05, 0) is 59.5 Å². The Morgan fingerprint density at radius 1 is 0.579 bits per heavy atom. The fourth-order valence-corrected chi connectivity index (χ4v) is 7.67. The third-order valence-corrected chi connectivity index (χ3v) is 9.17. The van der Waals surface area contributed by atoms with Gasteiger partial charge in [-0.3, -0.25) is 0 Å². The van der Waals surface area contributed by atoms with Gasteiger partial charge in [-0.1, -0.05) is 78.9 Å². The van der Waals surface area contributed by atoms with Crippen molar-refractivity contribution >= 4 is 60.6 Å². The van der Waals surface area contributed by atoms with Crippen LogP contribution in [-0.2, 0) is 0 Å². The van der Waals surface area contributed by atoms with Gasteiger partial charge in [0.1, 0.15) is 0 Å². The molecule has 4 heterocycles. The van der Waals surface area contributed by atoms with E-state index in [0.717, 1.165) is 6.42 Å². The highest BCUT2D eigenvalue weighted by atomic mass is 15.0. The lowest BCUT2D eigenvalue weighted by atomic mass is 9.81. The first-order valence-corrected chi connectivity index (χ1v) is 13.5. The number of rotatable bonds is 1. The summed E-state index contributed by atoms with van der Waals surface area (Å²) in [5.41, 5.74) is 13.7. The predicted octanol–water partition coefficient (Wildman–Crippen LogP) is 9.17. The van der Waals surface area contributed by atoms with E-state index in [-0.39, 0.29) is 0 Å². The van der Waals surface area contributed by atoms with Crippen LogP contribution in [0, 0.1) is 0 Å². The molecule has 1 unspecified atom stereocenters. The van der Waals surface area contributed by atoms with Gasteiger partial charge in [0.15, 0.2) is 0 Å². The van der Waals surface area contributed by atoms with Crippen molar-refractivity contribution in [1.82, 2.24) is 8.97 Å². The molecule has 3 aromatic heterocycles. The van der Waals surface area contributed by atoms with Crippen molar-refractivity contribution in [2.45, 2.75) is 12.3 Å². The maximum absolute atomic E-state index is 2.51. The Morgan fingerprint density at radius 3 is 2.21 bits per heavy atom. The SMILES string of the molecule is C1=C(c2ccc3c(c2)c2cccc4c5ccccc5n3c42)CC2c3ccccc3-n3c2c1c1ccccc13. The van der Waals surface area contributed by atoms with E-state index in [4.69, 9.17) is 0 Å². The number of benzene rings is 5. The molecule has 0 amide bonds. The molecule has 0 saturated heterocycles. The van der Waals surface area contributed by atoms with Crippen molar-refractivity contribution in [2.75, 3.05) is 0 Å². The van der Waals surface area contributed by atoms with E-state index < -0.39 is 0 Å². The molecule has 0 bridgehead atoms. The molecule has 10 rings (SSSR count). The van der Waals surface area contributed by atoms with Gasteiger partial charge in [0.25, 0.3) is 0 Å². The van der Waals surface area contributed by atoms with Crippen LogP contribution in [0.5, 0.6) is 0 Å². The van der Waals surface area contributed by atoms with Gasteiger partial charge < -0.3 is 8.97 Å². The van der Waals surface area contributed by atoms with Crippen molar-refractivity contribution in [3.63, 3.8) is 0 Å². The molecule has 1 aliphatic carbocycles. The van der Waals surface area contributed by atoms with Crippen LogP contribution in [0.2, 0.25) is 0 Å². The van der Waals surface area contributed by atoms with Gasteiger partial charge in [0.05, 0.1) is 22.1 Å². The van der Waals surface area contributed by atoms with Gasteiger partial charge in [-0.2, -0.15) is 0 Å². The number of para-hydroxylation sites is 4. The summed E-state index contributed by atoms with van der Waals surface area (Å²) >= 11 is 0. The number of nitrogens with zero attached hydrogens (tertiary/aromatic N) is 2. The van der Waals surface area contributed by atoms with Crippen LogP contribution >= 0.6 is 0 Å². The van der Waals surface area contributed by atoms with Crippen LogP contribution in [0.4, 0.5) is 0 Å². The van der Waals surface area contributed by atoms with Crippen LogP contribution < -0.4 is 0 Å². The summed E-state index contributed by atoms with van der Waals surface area (Å²) < 4.78 is 4.98. The zero-order valence-electron chi connectivity index (χ0n) is 20.6. The molecule has 1 aliphatic heterocycles. The van der Waals surface area contributed by atoms with Crippen LogP contribution in [0.15, 0.2) is 109 Å². The molecule has 5 aromatic carbocycles. The molecule has 1 atom stereocenters. The largest absolute Gasteiger partial charge is 0.312 e. The Morgan fingerprint density at radius 2 is 1.29 bits per heavy atom. The van der Waals surface area contributed by atoms with Crippen molar-refractivity contribution in [3.8, 4) is 5.69 Å². The molecule has 0 saturated carbocycles. The van der Waals surface area contributed by atoms with Crippen molar-refractivity contribution in [1.29, 1.82) is 0 Å². The van der Waals surface area contributed by atoms with Gasteiger partial charge in [0, 0.05) is 49.8 Å². The molecule has 2 nitrogen and oxygen atoms in total. The predicted molar refractivity (Wildman–Crippen MR) is 159 cm³/mol. The van der Waals surface area contributed by atoms with Crippen molar-refractivity contribution in [2.24, 2.45) is 0 Å². The molecule has 2 aliphatic rings. The number of fused-ring (bicyclic) bond motifs is 12. The zero-order chi connectivity index (χ0) is 24.5. The molecule has 0 N–H and O–H groups in total. The summed E-state index contributed by atoms with van der Waals surface area (Å²) in [7, 11) is 0. The first-order valence-electron chi connectivity index (χ1n) is 13.5. The zero-order valence-corrected chi connectivity index (χ0v) is 20.6. The highest BCUT2D eigenvalue weighted by Gasteiger charge is 2.36. The Balaban J connectivity index is 1.25. The molecular formula is C36H22N2. The number of hydrogen-bond donors (Lipinski definition) is 0. The minimum atomic E-state index is 0.392. The summed E-state index contributed by atoms with van der Waals surface area (Å²) in [6.45, 7) is 0. The lowest BCUT2D eigenvalue weighted by Gasteiger charge is -2.21. The van der Waals surface area contributed by atoms with Crippen molar-refractivity contribution in [3.05, 3.63) is 132 Å². The summed E-state index contributed by atoms with van der Waals surface area (Å²) in [5.74, 6) is 0.392. The van der Waals surface area contributed by atoms with Gasteiger partial charge in [-0.25, -0.2) is 0 Å². The lowest BCUT2D eigenvalue weighted by Crippen LogP contribution is -2.05. The summed E-state index contributed by atoms with van der Waals surface area (Å²) in [5, 5.41) is 6.71. The van der Waals surface area contributed by atoms with Crippen LogP contribution in [-0.4, -0.2) is 8.97 Å². The third kappa shape index (κ3) is 2.14. The Hall–Kier alpha value is -4.82. The van der Waals surface area contributed by atoms with E-state index in [1.54, 1.807) is 0 Å². The Kier molecular flexibility index (Phi) is 3.32. The Bertz CT molecular complexity index is 2320. The monoisotopic (exact) mass is 482 g/mol. The number of hydrogen-bond acceptors (Lipinski definition) is 0. The quantitative estimate of drug-likeness (QED) is 0.221. The Labute approximate surface area is 219 Å². The minimum Gasteiger partial charge on any atom is -0.312 e. The highest BCUT2D eigenvalue weighted by molar-refractivity contribution is 6.23. The maximum Gasteiger partial charge on any atom is 0.0620 e. The molecular weight excluding hydrogens is 460 g/mol. The summed E-state index contributed by atoms with van der Waals surface area (Å²) in [4.78, 5) is 0. The lowest BCUT2D eigenvalue weighted by molar-refractivity contribution is 0.832. The second kappa shape index (κ2) is 6.54. The number of aromatic nitrogens is 2. The first kappa shape index (κ1) is 19.3. The molecule has 38 heavy (non-hydrogen) atoms. The first-order chi connectivity index (χ1) is 18.9. The second-order valence-electron chi connectivity index (χ2n) is 10.9. The second-order valence-corrected chi connectivity index (χ2v) is 10.9. The molecule has 0 spiro atoms. The fraction of sp³-hybridized carbons (Fsp3) is 0.0556. The van der Waals surface area contributed by atoms with Crippen LogP contribution in [0.25, 0.3) is 66.3 Å². The number of allylic oxidation sites excluding steroid dienone is 1. The smallest absolute Gasteiger partial charge is 0.0620 e. The van der Waals surface area contributed by atoms with E-state index >= 15 is 0 Å². The molecule has 0 radical (unpaired) electrons. The van der Waals surface area contributed by atoms with Crippen LogP contribution in [0.3, 0.4) is 0 Å². The van der Waals surface area contributed by atoms with Gasteiger partial charge in [-0.15, -0.1) is 0 Å². The molecule has 0 fully saturated rings. The fourth-order valence-electron chi connectivity index (χ4n) is 7.67. The van der Waals surface area contributed by atoms with Gasteiger partial charge >= 0.3 is 0 Å². The summed E-state index contributed by atoms with van der Waals surface area (Å²) in [6, 6.07) is 40.6. The van der Waals surface area contributed by atoms with Gasteiger partial charge in [0.2, 0.25) is 0 Å². The van der Waals surface area contributed by atoms with Crippen LogP contribution in [0.1, 0.15) is 34.7 Å². The average molecular weight is 483 g/mol. The van der Waals surface area contributed by atoms with E-state index in [2.05, 4.69) is 124 Å². The standard InChI is InChI=1S/C36H22N2/c1-4-13-31-23(8-1)26-11-7-12-27-28-18-21(16-17-34(28)38(31)35(26)27)22-19-29-24-9-2-5-14-32(24)37-33-15-6-3-10-25(33)30(20-22)36(29)37/h1-19,30H,20H2. The van der Waals surface area contributed by atoms with Crippen molar-refractivity contribution < 1.29 is 0 Å². The average Bonchev–Trinajstić information content (AvgIpc) is 3.70. The van der Waals surface area contributed by atoms with E-state index in [0.29, 0.717) is 5.92 Å². The van der Waals surface area contributed by atoms with E-state index in [1.807, 2.05) is 0 Å². The maximum atomic E-state index is 2.51. The molecule has 176 valence electrons. The topological polar surface area (TPSA) is 9.34 Å². The minimum absolute atomic E-state index is 0.392. The molecule has 2 heteroatoms. The van der Waals surface area contributed by atoms with E-state index in [1.165, 1.54) is 82.6 Å². The molecule has 8 aromatic rings. The third-order valence-electron chi connectivity index (χ3n) is 9.17. The highest BCUT2D eigenvalue weighted by Crippen LogP contribution is 2.52.